The number of piperidine rings is 1. The Morgan fingerprint density at radius 2 is 1.90 bits per heavy atom. The van der Waals surface area contributed by atoms with Crippen LogP contribution in [0.4, 0.5) is 0 Å². The summed E-state index contributed by atoms with van der Waals surface area (Å²) in [5.74, 6) is 0.129. The van der Waals surface area contributed by atoms with Gasteiger partial charge in [0.05, 0.1) is 11.0 Å². The minimum Gasteiger partial charge on any atom is -0.508 e. The van der Waals surface area contributed by atoms with Crippen LogP contribution >= 0.6 is 0 Å². The standard InChI is InChI=1S/C26H33N3O2/c1-4-5-15-23(29-17(2)9-6-10-18(29)3)21-13-8-14-22-25(21)28-24(26(31)27-22)19-11-7-12-20(30)16-19/h7-8,11-14,16-18,23,30H,4-6,9-10,15H2,1-3H3,(H,27,31). The van der Waals surface area contributed by atoms with E-state index in [0.29, 0.717) is 23.3 Å². The van der Waals surface area contributed by atoms with E-state index in [9.17, 15) is 9.90 Å². The number of nitrogens with zero attached hydrogens (tertiary/aromatic N) is 2. The minimum absolute atomic E-state index is 0.129. The molecule has 3 aromatic rings. The fraction of sp³-hybridized carbons (Fsp3) is 0.462. The van der Waals surface area contributed by atoms with Gasteiger partial charge in [0.2, 0.25) is 0 Å². The van der Waals surface area contributed by atoms with Gasteiger partial charge in [-0.25, -0.2) is 4.98 Å². The van der Waals surface area contributed by atoms with Crippen molar-refractivity contribution >= 4 is 11.0 Å². The molecule has 5 heteroatoms. The molecule has 0 bridgehead atoms. The van der Waals surface area contributed by atoms with Crippen molar-refractivity contribution in [1.29, 1.82) is 0 Å². The molecule has 1 aliphatic rings. The first-order valence-corrected chi connectivity index (χ1v) is 11.6. The highest BCUT2D eigenvalue weighted by Gasteiger charge is 2.32. The van der Waals surface area contributed by atoms with Crippen LogP contribution in [-0.2, 0) is 0 Å². The second-order valence-electron chi connectivity index (χ2n) is 8.94. The normalized spacial score (nSPS) is 20.7. The van der Waals surface area contributed by atoms with Crippen molar-refractivity contribution in [2.24, 2.45) is 0 Å². The molecule has 2 heterocycles. The molecule has 1 aromatic heterocycles. The molecule has 2 N–H and O–H groups in total. The molecule has 3 atom stereocenters. The highest BCUT2D eigenvalue weighted by atomic mass is 16.3. The molecule has 0 spiro atoms. The quantitative estimate of drug-likeness (QED) is 0.530. The van der Waals surface area contributed by atoms with Gasteiger partial charge in [0.15, 0.2) is 0 Å². The zero-order chi connectivity index (χ0) is 22.0. The zero-order valence-corrected chi connectivity index (χ0v) is 18.8. The summed E-state index contributed by atoms with van der Waals surface area (Å²) in [6.45, 7) is 6.92. The number of fused-ring (bicyclic) bond motifs is 1. The number of aromatic nitrogens is 2. The highest BCUT2D eigenvalue weighted by molar-refractivity contribution is 5.81. The molecular formula is C26H33N3O2. The Bertz CT molecular complexity index is 1100. The van der Waals surface area contributed by atoms with Crippen molar-refractivity contribution in [3.05, 3.63) is 58.4 Å². The second-order valence-corrected chi connectivity index (χ2v) is 8.94. The number of hydrogen-bond acceptors (Lipinski definition) is 4. The molecule has 4 rings (SSSR count). The molecule has 0 saturated carbocycles. The Hall–Kier alpha value is -2.66. The molecule has 0 amide bonds. The maximum Gasteiger partial charge on any atom is 0.274 e. The van der Waals surface area contributed by atoms with Crippen LogP contribution in [0.1, 0.15) is 70.9 Å². The van der Waals surface area contributed by atoms with Gasteiger partial charge in [-0.2, -0.15) is 0 Å². The van der Waals surface area contributed by atoms with Crippen LogP contribution in [0.3, 0.4) is 0 Å². The summed E-state index contributed by atoms with van der Waals surface area (Å²) in [6, 6.07) is 14.2. The van der Waals surface area contributed by atoms with Crippen molar-refractivity contribution in [1.82, 2.24) is 14.9 Å². The molecular weight excluding hydrogens is 386 g/mol. The summed E-state index contributed by atoms with van der Waals surface area (Å²) in [6.07, 6.45) is 7.10. The van der Waals surface area contributed by atoms with Crippen molar-refractivity contribution in [2.75, 3.05) is 0 Å². The van der Waals surface area contributed by atoms with E-state index in [-0.39, 0.29) is 17.4 Å². The summed E-state index contributed by atoms with van der Waals surface area (Å²) in [4.78, 5) is 23.4. The van der Waals surface area contributed by atoms with Crippen LogP contribution in [0.5, 0.6) is 5.75 Å². The average molecular weight is 420 g/mol. The van der Waals surface area contributed by atoms with Gasteiger partial charge < -0.3 is 10.1 Å². The number of unbranched alkanes of at least 4 members (excludes halogenated alkanes) is 1. The number of hydrogen-bond donors (Lipinski definition) is 2. The van der Waals surface area contributed by atoms with Gasteiger partial charge in [0.1, 0.15) is 11.4 Å². The van der Waals surface area contributed by atoms with E-state index >= 15 is 0 Å². The monoisotopic (exact) mass is 419 g/mol. The number of aromatic hydroxyl groups is 1. The number of H-pyrrole nitrogens is 1. The third-order valence-corrected chi connectivity index (χ3v) is 6.69. The number of likely N-dealkylation sites (tertiary alicyclic amines) is 1. The van der Waals surface area contributed by atoms with Gasteiger partial charge in [-0.05, 0) is 56.9 Å². The molecule has 1 fully saturated rings. The van der Waals surface area contributed by atoms with E-state index < -0.39 is 0 Å². The molecule has 31 heavy (non-hydrogen) atoms. The predicted molar refractivity (Wildman–Crippen MR) is 126 cm³/mol. The number of nitrogens with one attached hydrogen (secondary N) is 1. The molecule has 3 unspecified atom stereocenters. The van der Waals surface area contributed by atoms with Crippen molar-refractivity contribution in [3.63, 3.8) is 0 Å². The Kier molecular flexibility index (Phi) is 6.42. The highest BCUT2D eigenvalue weighted by Crippen LogP contribution is 2.38. The summed E-state index contributed by atoms with van der Waals surface area (Å²) < 4.78 is 0. The van der Waals surface area contributed by atoms with E-state index in [1.807, 2.05) is 18.2 Å². The Morgan fingerprint density at radius 3 is 2.61 bits per heavy atom. The molecule has 0 aliphatic carbocycles. The van der Waals surface area contributed by atoms with Gasteiger partial charge in [0, 0.05) is 23.7 Å². The van der Waals surface area contributed by atoms with E-state index in [0.717, 1.165) is 30.3 Å². The first-order chi connectivity index (χ1) is 15.0. The lowest BCUT2D eigenvalue weighted by Gasteiger charge is -2.44. The Labute approximate surface area is 184 Å². The van der Waals surface area contributed by atoms with Crippen LogP contribution < -0.4 is 5.56 Å². The molecule has 164 valence electrons. The summed E-state index contributed by atoms with van der Waals surface area (Å²) in [5, 5.41) is 9.90. The largest absolute Gasteiger partial charge is 0.508 e. The third kappa shape index (κ3) is 4.38. The smallest absolute Gasteiger partial charge is 0.274 e. The van der Waals surface area contributed by atoms with Crippen molar-refractivity contribution in [3.8, 4) is 17.0 Å². The van der Waals surface area contributed by atoms with Gasteiger partial charge >= 0.3 is 0 Å². The molecule has 5 nitrogen and oxygen atoms in total. The second kappa shape index (κ2) is 9.23. The molecule has 2 aromatic carbocycles. The van der Waals surface area contributed by atoms with Crippen LogP contribution in [0.25, 0.3) is 22.3 Å². The lowest BCUT2D eigenvalue weighted by atomic mass is 9.89. The first-order valence-electron chi connectivity index (χ1n) is 11.6. The van der Waals surface area contributed by atoms with Crippen LogP contribution in [0.15, 0.2) is 47.3 Å². The SMILES string of the molecule is CCCCC(c1cccc2[nH]c(=O)c(-c3cccc(O)c3)nc12)N1C(C)CCCC1C. The van der Waals surface area contributed by atoms with Crippen molar-refractivity contribution < 1.29 is 5.11 Å². The molecule has 1 saturated heterocycles. The fourth-order valence-electron chi connectivity index (χ4n) is 5.17. The topological polar surface area (TPSA) is 69.2 Å². The minimum atomic E-state index is -0.236. The first kappa shape index (κ1) is 21.6. The maximum absolute atomic E-state index is 12.8. The third-order valence-electron chi connectivity index (χ3n) is 6.69. The van der Waals surface area contributed by atoms with Crippen molar-refractivity contribution in [2.45, 2.75) is 77.4 Å². The number of phenols is 1. The van der Waals surface area contributed by atoms with Gasteiger partial charge in [0.25, 0.3) is 5.56 Å². The molecule has 0 radical (unpaired) electrons. The van der Waals surface area contributed by atoms with Gasteiger partial charge in [-0.3, -0.25) is 9.69 Å². The number of benzene rings is 2. The van der Waals surface area contributed by atoms with E-state index in [2.05, 4.69) is 36.7 Å². The van der Waals surface area contributed by atoms with E-state index in [4.69, 9.17) is 4.98 Å². The summed E-state index contributed by atoms with van der Waals surface area (Å²) >= 11 is 0. The zero-order valence-electron chi connectivity index (χ0n) is 18.8. The number of rotatable bonds is 6. The van der Waals surface area contributed by atoms with Crippen LogP contribution in [-0.4, -0.2) is 32.1 Å². The Balaban J connectivity index is 1.88. The van der Waals surface area contributed by atoms with E-state index in [1.165, 1.54) is 24.8 Å². The fourth-order valence-corrected chi connectivity index (χ4v) is 5.17. The number of aromatic amines is 1. The number of phenolic OH excluding ortho intramolecular Hbond substituents is 1. The average Bonchev–Trinajstić information content (AvgIpc) is 2.75. The summed E-state index contributed by atoms with van der Waals surface area (Å²) in [7, 11) is 0. The lowest BCUT2D eigenvalue weighted by molar-refractivity contribution is 0.0495. The summed E-state index contributed by atoms with van der Waals surface area (Å²) in [5.41, 5.74) is 3.55. The predicted octanol–water partition coefficient (Wildman–Crippen LogP) is 5.79. The van der Waals surface area contributed by atoms with Crippen LogP contribution in [0, 0.1) is 0 Å². The Morgan fingerprint density at radius 1 is 1.16 bits per heavy atom. The van der Waals surface area contributed by atoms with Gasteiger partial charge in [-0.1, -0.05) is 50.5 Å². The van der Waals surface area contributed by atoms with Gasteiger partial charge in [-0.15, -0.1) is 0 Å². The van der Waals surface area contributed by atoms with E-state index in [1.54, 1.807) is 18.2 Å². The molecule has 1 aliphatic heterocycles. The lowest BCUT2D eigenvalue weighted by Crippen LogP contribution is -2.46. The maximum atomic E-state index is 12.8. The number of para-hydroxylation sites is 1. The van der Waals surface area contributed by atoms with Crippen LogP contribution in [0.2, 0.25) is 0 Å².